The van der Waals surface area contributed by atoms with Gasteiger partial charge in [0.15, 0.2) is 0 Å². The van der Waals surface area contributed by atoms with Gasteiger partial charge in [0.25, 0.3) is 0 Å². The van der Waals surface area contributed by atoms with Crippen LogP contribution in [-0.4, -0.2) is 19.6 Å². The maximum Gasteiger partial charge on any atom is 0.0452 e. The van der Waals surface area contributed by atoms with Gasteiger partial charge < -0.3 is 10.6 Å². The average Bonchev–Trinajstić information content (AvgIpc) is 2.36. The molecule has 1 aliphatic heterocycles. The molecule has 0 aliphatic carbocycles. The summed E-state index contributed by atoms with van der Waals surface area (Å²) in [6.07, 6.45) is 0. The van der Waals surface area contributed by atoms with E-state index in [1.807, 2.05) is 0 Å². The van der Waals surface area contributed by atoms with Crippen LogP contribution in [-0.2, 0) is 0 Å². The van der Waals surface area contributed by atoms with E-state index >= 15 is 0 Å². The molecular weight excluding hydrogens is 244 g/mol. The van der Waals surface area contributed by atoms with Gasteiger partial charge in [-0.25, -0.2) is 0 Å². The number of rotatable bonds is 1. The summed E-state index contributed by atoms with van der Waals surface area (Å²) >= 11 is 0. The fourth-order valence-corrected chi connectivity index (χ4v) is 2.91. The molecule has 3 heteroatoms. The molecule has 2 N–H and O–H groups in total. The van der Waals surface area contributed by atoms with Gasteiger partial charge in [-0.2, -0.15) is 0 Å². The second kappa shape index (κ2) is 6.05. The Hall–Kier alpha value is -0.570. The van der Waals surface area contributed by atoms with Crippen LogP contribution in [0.5, 0.6) is 0 Å². The topological polar surface area (TPSA) is 24.1 Å². The molecule has 1 saturated heterocycles. The standard InChI is InChI=1S/C15H24N2.ClH/c1-9-10(2)12(4)15(13(5)11(9)3)14-8-16-6-7-17-14;/h14,16-17H,6-8H2,1-5H3;1H/t14-;/m0./s1. The van der Waals surface area contributed by atoms with Crippen molar-refractivity contribution in [1.82, 2.24) is 10.6 Å². The van der Waals surface area contributed by atoms with Gasteiger partial charge in [0, 0.05) is 25.7 Å². The monoisotopic (exact) mass is 268 g/mol. The summed E-state index contributed by atoms with van der Waals surface area (Å²) in [6.45, 7) is 14.5. The SMILES string of the molecule is Cc1c(C)c(C)c([C@@H]2CNCCN2)c(C)c1C.Cl. The molecule has 18 heavy (non-hydrogen) atoms. The lowest BCUT2D eigenvalue weighted by atomic mass is 9.86. The molecule has 1 atom stereocenters. The van der Waals surface area contributed by atoms with Crippen LogP contribution in [0.25, 0.3) is 0 Å². The third-order valence-corrected chi connectivity index (χ3v) is 4.45. The Balaban J connectivity index is 0.00000162. The van der Waals surface area contributed by atoms with Gasteiger partial charge in [-0.15, -0.1) is 12.4 Å². The number of halogens is 1. The van der Waals surface area contributed by atoms with E-state index in [0.29, 0.717) is 6.04 Å². The summed E-state index contributed by atoms with van der Waals surface area (Å²) in [5, 5.41) is 7.11. The highest BCUT2D eigenvalue weighted by Crippen LogP contribution is 2.30. The van der Waals surface area contributed by atoms with Crippen molar-refractivity contribution >= 4 is 12.4 Å². The molecule has 1 fully saturated rings. The molecule has 2 nitrogen and oxygen atoms in total. The molecule has 0 unspecified atom stereocenters. The largest absolute Gasteiger partial charge is 0.314 e. The van der Waals surface area contributed by atoms with E-state index in [1.165, 1.54) is 33.4 Å². The molecule has 1 aliphatic rings. The van der Waals surface area contributed by atoms with Crippen LogP contribution in [0.4, 0.5) is 0 Å². The van der Waals surface area contributed by atoms with Gasteiger partial charge >= 0.3 is 0 Å². The van der Waals surface area contributed by atoms with E-state index in [4.69, 9.17) is 0 Å². The second-order valence-corrected chi connectivity index (χ2v) is 5.25. The lowest BCUT2D eigenvalue weighted by Crippen LogP contribution is -2.43. The molecule has 1 aromatic rings. The molecule has 0 aromatic heterocycles. The predicted octanol–water partition coefficient (Wildman–Crippen LogP) is 2.88. The molecule has 2 rings (SSSR count). The van der Waals surface area contributed by atoms with Crippen LogP contribution < -0.4 is 10.6 Å². The van der Waals surface area contributed by atoms with Gasteiger partial charge in [-0.05, 0) is 68.0 Å². The van der Waals surface area contributed by atoms with Crippen LogP contribution in [0.15, 0.2) is 0 Å². The average molecular weight is 269 g/mol. The zero-order valence-corrected chi connectivity index (χ0v) is 12.9. The summed E-state index contributed by atoms with van der Waals surface area (Å²) in [5.41, 5.74) is 8.80. The Labute approximate surface area is 117 Å². The van der Waals surface area contributed by atoms with Crippen molar-refractivity contribution < 1.29 is 0 Å². The first kappa shape index (κ1) is 15.5. The highest BCUT2D eigenvalue weighted by Gasteiger charge is 2.21. The van der Waals surface area contributed by atoms with Crippen LogP contribution in [0.1, 0.15) is 39.4 Å². The van der Waals surface area contributed by atoms with Crippen LogP contribution in [0.2, 0.25) is 0 Å². The van der Waals surface area contributed by atoms with Gasteiger partial charge in [-0.3, -0.25) is 0 Å². The van der Waals surface area contributed by atoms with E-state index < -0.39 is 0 Å². The summed E-state index contributed by atoms with van der Waals surface area (Å²) < 4.78 is 0. The van der Waals surface area contributed by atoms with Crippen molar-refractivity contribution in [1.29, 1.82) is 0 Å². The number of hydrogen-bond donors (Lipinski definition) is 2. The summed E-state index contributed by atoms with van der Waals surface area (Å²) in [5.74, 6) is 0. The minimum Gasteiger partial charge on any atom is -0.314 e. The van der Waals surface area contributed by atoms with Crippen LogP contribution in [0, 0.1) is 34.6 Å². The maximum absolute atomic E-state index is 3.63. The Kier molecular flexibility index (Phi) is 5.20. The molecule has 0 bridgehead atoms. The Morgan fingerprint density at radius 1 is 0.778 bits per heavy atom. The van der Waals surface area contributed by atoms with Crippen molar-refractivity contribution in [2.45, 2.75) is 40.7 Å². The predicted molar refractivity (Wildman–Crippen MR) is 81.0 cm³/mol. The Morgan fingerprint density at radius 2 is 1.28 bits per heavy atom. The fourth-order valence-electron chi connectivity index (χ4n) is 2.91. The van der Waals surface area contributed by atoms with E-state index in [-0.39, 0.29) is 12.4 Å². The van der Waals surface area contributed by atoms with E-state index in [1.54, 1.807) is 0 Å². The third-order valence-electron chi connectivity index (χ3n) is 4.45. The van der Waals surface area contributed by atoms with Crippen LogP contribution in [0.3, 0.4) is 0 Å². The lowest BCUT2D eigenvalue weighted by Gasteiger charge is -2.30. The highest BCUT2D eigenvalue weighted by molar-refractivity contribution is 5.85. The molecule has 0 radical (unpaired) electrons. The quantitative estimate of drug-likeness (QED) is 0.819. The molecule has 1 heterocycles. The molecule has 0 saturated carbocycles. The van der Waals surface area contributed by atoms with Crippen molar-refractivity contribution in [3.05, 3.63) is 33.4 Å². The molecular formula is C15H25ClN2. The zero-order valence-electron chi connectivity index (χ0n) is 12.1. The fraction of sp³-hybridized carbons (Fsp3) is 0.600. The maximum atomic E-state index is 3.63. The summed E-state index contributed by atoms with van der Waals surface area (Å²) in [7, 11) is 0. The van der Waals surface area contributed by atoms with Gasteiger partial charge in [0.2, 0.25) is 0 Å². The van der Waals surface area contributed by atoms with Gasteiger partial charge in [-0.1, -0.05) is 0 Å². The number of nitrogens with one attached hydrogen (secondary N) is 2. The lowest BCUT2D eigenvalue weighted by molar-refractivity contribution is 0.427. The zero-order chi connectivity index (χ0) is 12.6. The van der Waals surface area contributed by atoms with Crippen molar-refractivity contribution in [2.75, 3.05) is 19.6 Å². The molecule has 0 amide bonds. The highest BCUT2D eigenvalue weighted by atomic mass is 35.5. The van der Waals surface area contributed by atoms with Crippen molar-refractivity contribution in [2.24, 2.45) is 0 Å². The minimum atomic E-state index is 0. The number of hydrogen-bond acceptors (Lipinski definition) is 2. The van der Waals surface area contributed by atoms with E-state index in [0.717, 1.165) is 19.6 Å². The van der Waals surface area contributed by atoms with Gasteiger partial charge in [0.05, 0.1) is 0 Å². The summed E-state index contributed by atoms with van der Waals surface area (Å²) in [4.78, 5) is 0. The smallest absolute Gasteiger partial charge is 0.0452 e. The molecule has 1 aromatic carbocycles. The molecule has 0 spiro atoms. The van der Waals surface area contributed by atoms with Crippen molar-refractivity contribution in [3.8, 4) is 0 Å². The number of piperazine rings is 1. The first-order valence-corrected chi connectivity index (χ1v) is 6.55. The summed E-state index contributed by atoms with van der Waals surface area (Å²) in [6, 6.07) is 0.474. The van der Waals surface area contributed by atoms with Crippen molar-refractivity contribution in [3.63, 3.8) is 0 Å². The first-order valence-electron chi connectivity index (χ1n) is 6.55. The second-order valence-electron chi connectivity index (χ2n) is 5.25. The van der Waals surface area contributed by atoms with Gasteiger partial charge in [0.1, 0.15) is 0 Å². The molecule has 102 valence electrons. The third kappa shape index (κ3) is 2.56. The van der Waals surface area contributed by atoms with Crippen LogP contribution >= 0.6 is 12.4 Å². The van der Waals surface area contributed by atoms with E-state index in [2.05, 4.69) is 45.3 Å². The Bertz CT molecular complexity index is 406. The minimum absolute atomic E-state index is 0. The van der Waals surface area contributed by atoms with E-state index in [9.17, 15) is 0 Å². The Morgan fingerprint density at radius 3 is 1.72 bits per heavy atom. The normalized spacial score (nSPS) is 19.5. The number of benzene rings is 1. The first-order chi connectivity index (χ1) is 8.04.